The zero-order chi connectivity index (χ0) is 14.5. The van der Waals surface area contributed by atoms with E-state index in [1.54, 1.807) is 6.20 Å². The number of nitrogens with zero attached hydrogens (tertiary/aromatic N) is 4. The van der Waals surface area contributed by atoms with Crippen molar-refractivity contribution in [1.82, 2.24) is 18.9 Å². The van der Waals surface area contributed by atoms with Crippen LogP contribution in [-0.2, 0) is 7.05 Å². The molecule has 0 spiro atoms. The van der Waals surface area contributed by atoms with Crippen molar-refractivity contribution in [3.8, 4) is 0 Å². The summed E-state index contributed by atoms with van der Waals surface area (Å²) in [7, 11) is 1.98. The molecule has 0 aromatic carbocycles. The van der Waals surface area contributed by atoms with E-state index >= 15 is 0 Å². The Hall–Kier alpha value is -2.36. The third kappa shape index (κ3) is 2.79. The summed E-state index contributed by atoms with van der Waals surface area (Å²) < 4.78 is 4.05. The Kier molecular flexibility index (Phi) is 4.35. The maximum absolute atomic E-state index is 4.35. The van der Waals surface area contributed by atoms with E-state index in [0.29, 0.717) is 0 Å². The lowest BCUT2D eigenvalue weighted by Crippen LogP contribution is -1.89. The molecule has 0 bridgehead atoms. The van der Waals surface area contributed by atoms with E-state index in [-0.39, 0.29) is 0 Å². The molecule has 0 radical (unpaired) electrons. The number of pyridine rings is 1. The largest absolute Gasteiger partial charge is 0.335 e. The van der Waals surface area contributed by atoms with Gasteiger partial charge in [-0.05, 0) is 30.7 Å². The van der Waals surface area contributed by atoms with Crippen molar-refractivity contribution in [2.24, 2.45) is 7.05 Å². The van der Waals surface area contributed by atoms with E-state index < -0.39 is 0 Å². The summed E-state index contributed by atoms with van der Waals surface area (Å²) in [5, 5.41) is 0. The number of fused-ring (bicyclic) bond motifs is 1. The van der Waals surface area contributed by atoms with Gasteiger partial charge in [0.05, 0.1) is 0 Å². The quantitative estimate of drug-likeness (QED) is 0.712. The third-order valence-corrected chi connectivity index (χ3v) is 3.01. The van der Waals surface area contributed by atoms with Crippen LogP contribution >= 0.6 is 0 Å². The molecule has 0 unspecified atom stereocenters. The second-order valence-electron chi connectivity index (χ2n) is 4.32. The second-order valence-corrected chi connectivity index (χ2v) is 4.32. The van der Waals surface area contributed by atoms with Crippen LogP contribution in [0.3, 0.4) is 0 Å². The van der Waals surface area contributed by atoms with Gasteiger partial charge < -0.3 is 8.97 Å². The highest BCUT2D eigenvalue weighted by Gasteiger charge is 1.99. The van der Waals surface area contributed by atoms with Crippen LogP contribution in [0.4, 0.5) is 0 Å². The Bertz CT molecular complexity index is 719. The molecule has 3 aromatic heterocycles. The number of hydrogen-bond acceptors (Lipinski definition) is 2. The lowest BCUT2D eigenvalue weighted by Gasteiger charge is -1.98. The van der Waals surface area contributed by atoms with E-state index in [1.165, 1.54) is 0 Å². The Balaban J connectivity index is 0.000000704. The standard InChI is InChI=1S/C14H14N4.C2H6/c1-11-10-16-14-9-12(5-7-18(11)14)3-4-13-15-6-8-17(13)2;1-2/h3-10H,1-2H3;1-2H3/b4-3+;. The predicted molar refractivity (Wildman–Crippen MR) is 83.4 cm³/mol. The van der Waals surface area contributed by atoms with Gasteiger partial charge in [-0.25, -0.2) is 9.97 Å². The van der Waals surface area contributed by atoms with Crippen molar-refractivity contribution < 1.29 is 0 Å². The summed E-state index contributed by atoms with van der Waals surface area (Å²) in [6.45, 7) is 6.05. The Morgan fingerprint density at radius 2 is 1.90 bits per heavy atom. The van der Waals surface area contributed by atoms with Crippen LogP contribution in [-0.4, -0.2) is 18.9 Å². The van der Waals surface area contributed by atoms with E-state index in [1.807, 2.05) is 63.1 Å². The zero-order valence-corrected chi connectivity index (χ0v) is 12.4. The molecule has 0 saturated carbocycles. The Morgan fingerprint density at radius 1 is 1.10 bits per heavy atom. The topological polar surface area (TPSA) is 35.1 Å². The summed E-state index contributed by atoms with van der Waals surface area (Å²) in [6, 6.07) is 4.13. The molecule has 3 heterocycles. The Morgan fingerprint density at radius 3 is 2.60 bits per heavy atom. The van der Waals surface area contributed by atoms with Crippen molar-refractivity contribution in [3.63, 3.8) is 0 Å². The van der Waals surface area contributed by atoms with Crippen molar-refractivity contribution in [1.29, 1.82) is 0 Å². The van der Waals surface area contributed by atoms with Gasteiger partial charge in [-0.2, -0.15) is 0 Å². The molecule has 20 heavy (non-hydrogen) atoms. The van der Waals surface area contributed by atoms with E-state index in [9.17, 15) is 0 Å². The van der Waals surface area contributed by atoms with Gasteiger partial charge in [0.15, 0.2) is 0 Å². The van der Waals surface area contributed by atoms with Crippen LogP contribution in [0.2, 0.25) is 0 Å². The summed E-state index contributed by atoms with van der Waals surface area (Å²) in [6.07, 6.45) is 11.7. The molecule has 0 N–H and O–H groups in total. The lowest BCUT2D eigenvalue weighted by atomic mass is 10.2. The number of aryl methyl sites for hydroxylation is 2. The van der Waals surface area contributed by atoms with Crippen molar-refractivity contribution in [3.05, 3.63) is 54.0 Å². The fraction of sp³-hybridized carbons (Fsp3) is 0.250. The van der Waals surface area contributed by atoms with Crippen molar-refractivity contribution in [2.45, 2.75) is 20.8 Å². The third-order valence-electron chi connectivity index (χ3n) is 3.01. The van der Waals surface area contributed by atoms with E-state index in [0.717, 1.165) is 22.7 Å². The van der Waals surface area contributed by atoms with Crippen LogP contribution in [0.25, 0.3) is 17.8 Å². The molecule has 0 fully saturated rings. The molecule has 0 atom stereocenters. The first kappa shape index (κ1) is 14.1. The minimum Gasteiger partial charge on any atom is -0.335 e. The minimum absolute atomic E-state index is 0.939. The monoisotopic (exact) mass is 268 g/mol. The highest BCUT2D eigenvalue weighted by Crippen LogP contribution is 2.11. The number of imidazole rings is 2. The van der Waals surface area contributed by atoms with Crippen LogP contribution < -0.4 is 0 Å². The van der Waals surface area contributed by atoms with E-state index in [2.05, 4.69) is 26.5 Å². The summed E-state index contributed by atoms with van der Waals surface area (Å²) in [5.74, 6) is 0.939. The van der Waals surface area contributed by atoms with Gasteiger partial charge in [0.25, 0.3) is 0 Å². The molecule has 0 aliphatic heterocycles. The maximum atomic E-state index is 4.35. The maximum Gasteiger partial charge on any atom is 0.137 e. The van der Waals surface area contributed by atoms with Crippen molar-refractivity contribution in [2.75, 3.05) is 0 Å². The number of hydrogen-bond donors (Lipinski definition) is 0. The van der Waals surface area contributed by atoms with Crippen LogP contribution in [0.5, 0.6) is 0 Å². The van der Waals surface area contributed by atoms with Gasteiger partial charge in [0.2, 0.25) is 0 Å². The smallest absolute Gasteiger partial charge is 0.137 e. The molecule has 4 nitrogen and oxygen atoms in total. The van der Waals surface area contributed by atoms with Crippen LogP contribution in [0.15, 0.2) is 36.9 Å². The summed E-state index contributed by atoms with van der Waals surface area (Å²) in [4.78, 5) is 8.60. The van der Waals surface area contributed by atoms with Gasteiger partial charge in [-0.3, -0.25) is 0 Å². The predicted octanol–water partition coefficient (Wildman–Crippen LogP) is 3.57. The van der Waals surface area contributed by atoms with Gasteiger partial charge in [0.1, 0.15) is 11.5 Å². The molecular weight excluding hydrogens is 248 g/mol. The van der Waals surface area contributed by atoms with Gasteiger partial charge >= 0.3 is 0 Å². The molecule has 0 amide bonds. The van der Waals surface area contributed by atoms with Gasteiger partial charge in [0, 0.05) is 37.5 Å². The van der Waals surface area contributed by atoms with Crippen molar-refractivity contribution >= 4 is 17.8 Å². The first-order valence-electron chi connectivity index (χ1n) is 6.83. The average molecular weight is 268 g/mol. The number of aromatic nitrogens is 4. The molecular formula is C16H20N4. The fourth-order valence-corrected chi connectivity index (χ4v) is 1.94. The highest BCUT2D eigenvalue weighted by molar-refractivity contribution is 5.68. The molecule has 3 rings (SSSR count). The lowest BCUT2D eigenvalue weighted by molar-refractivity contribution is 0.898. The minimum atomic E-state index is 0.939. The zero-order valence-electron chi connectivity index (χ0n) is 12.4. The van der Waals surface area contributed by atoms with Crippen LogP contribution in [0, 0.1) is 6.92 Å². The molecule has 4 heteroatoms. The normalized spacial score (nSPS) is 10.8. The highest BCUT2D eigenvalue weighted by atomic mass is 15.0. The number of rotatable bonds is 2. The summed E-state index contributed by atoms with van der Waals surface area (Å²) >= 11 is 0. The molecule has 0 aliphatic rings. The molecule has 3 aromatic rings. The summed E-state index contributed by atoms with van der Waals surface area (Å²) in [5.41, 5.74) is 3.23. The van der Waals surface area contributed by atoms with Crippen LogP contribution in [0.1, 0.15) is 30.9 Å². The van der Waals surface area contributed by atoms with Gasteiger partial charge in [-0.15, -0.1) is 0 Å². The molecule has 0 aliphatic carbocycles. The first-order chi connectivity index (χ1) is 9.74. The first-order valence-corrected chi connectivity index (χ1v) is 6.83. The fourth-order valence-electron chi connectivity index (χ4n) is 1.94. The Labute approximate surface area is 119 Å². The average Bonchev–Trinajstić information content (AvgIpc) is 3.05. The second kappa shape index (κ2) is 6.19. The molecule has 0 saturated heterocycles. The van der Waals surface area contributed by atoms with Gasteiger partial charge in [-0.1, -0.05) is 19.9 Å². The SMILES string of the molecule is CC.Cc1cnc2cc(/C=C/c3nccn3C)ccn12. The molecule has 104 valence electrons. The van der Waals surface area contributed by atoms with E-state index in [4.69, 9.17) is 0 Å².